The van der Waals surface area contributed by atoms with Crippen molar-refractivity contribution in [1.29, 1.82) is 0 Å². The summed E-state index contributed by atoms with van der Waals surface area (Å²) in [5.41, 5.74) is 0.364. The number of halogens is 2. The number of aliphatic hydroxyl groups excluding tert-OH is 1. The minimum absolute atomic E-state index is 0.364. The zero-order chi connectivity index (χ0) is 13.8. The standard InChI is InChI=1S/C13H15Cl2NO3/c14-10-6-9(7-11(15)8-10)12(17)19-13(18)16-4-2-1-3-5-16/h6-8,12,17H,1-5H2. The van der Waals surface area contributed by atoms with Crippen LogP contribution in [-0.2, 0) is 4.74 Å². The molecule has 0 aliphatic carbocycles. The number of likely N-dealkylation sites (tertiary alicyclic amines) is 1. The van der Waals surface area contributed by atoms with Gasteiger partial charge in [0.2, 0.25) is 6.29 Å². The molecule has 0 radical (unpaired) electrons. The molecule has 1 atom stereocenters. The van der Waals surface area contributed by atoms with E-state index in [1.54, 1.807) is 11.0 Å². The number of benzene rings is 1. The average molecular weight is 304 g/mol. The Morgan fingerprint density at radius 1 is 1.16 bits per heavy atom. The topological polar surface area (TPSA) is 49.8 Å². The molecule has 1 aromatic carbocycles. The van der Waals surface area contributed by atoms with Crippen molar-refractivity contribution in [3.63, 3.8) is 0 Å². The van der Waals surface area contributed by atoms with Gasteiger partial charge in [0, 0.05) is 28.7 Å². The number of piperidine rings is 1. The summed E-state index contributed by atoms with van der Waals surface area (Å²) in [7, 11) is 0. The fourth-order valence-electron chi connectivity index (χ4n) is 2.03. The summed E-state index contributed by atoms with van der Waals surface area (Å²) in [4.78, 5) is 13.4. The second kappa shape index (κ2) is 6.46. The van der Waals surface area contributed by atoms with Crippen LogP contribution in [0.15, 0.2) is 18.2 Å². The molecular weight excluding hydrogens is 289 g/mol. The number of ether oxygens (including phenoxy) is 1. The Kier molecular flexibility index (Phi) is 4.91. The van der Waals surface area contributed by atoms with Crippen molar-refractivity contribution in [2.24, 2.45) is 0 Å². The highest BCUT2D eigenvalue weighted by Gasteiger charge is 2.21. The third kappa shape index (κ3) is 4.00. The van der Waals surface area contributed by atoms with Gasteiger partial charge in [0.15, 0.2) is 0 Å². The van der Waals surface area contributed by atoms with Gasteiger partial charge < -0.3 is 14.7 Å². The molecule has 1 aliphatic rings. The number of hydrogen-bond acceptors (Lipinski definition) is 3. The van der Waals surface area contributed by atoms with Crippen LogP contribution in [0.5, 0.6) is 0 Å². The smallest absolute Gasteiger partial charge is 0.412 e. The highest BCUT2D eigenvalue weighted by Crippen LogP contribution is 2.25. The number of carbonyl (C=O) groups excluding carboxylic acids is 1. The monoisotopic (exact) mass is 303 g/mol. The molecule has 0 saturated carbocycles. The van der Waals surface area contributed by atoms with Gasteiger partial charge in [0.25, 0.3) is 0 Å². The average Bonchev–Trinajstić information content (AvgIpc) is 2.38. The van der Waals surface area contributed by atoms with Crippen molar-refractivity contribution < 1.29 is 14.6 Å². The lowest BCUT2D eigenvalue weighted by molar-refractivity contribution is -0.0681. The molecule has 0 spiro atoms. The molecule has 1 saturated heterocycles. The van der Waals surface area contributed by atoms with Crippen LogP contribution in [-0.4, -0.2) is 29.2 Å². The van der Waals surface area contributed by atoms with E-state index >= 15 is 0 Å². The Morgan fingerprint density at radius 2 is 1.74 bits per heavy atom. The van der Waals surface area contributed by atoms with Gasteiger partial charge in [-0.2, -0.15) is 0 Å². The summed E-state index contributed by atoms with van der Waals surface area (Å²) in [6.45, 7) is 1.34. The summed E-state index contributed by atoms with van der Waals surface area (Å²) < 4.78 is 5.01. The van der Waals surface area contributed by atoms with Crippen LogP contribution < -0.4 is 0 Å². The largest absolute Gasteiger partial charge is 0.415 e. The zero-order valence-electron chi connectivity index (χ0n) is 10.3. The van der Waals surface area contributed by atoms with Crippen molar-refractivity contribution in [3.05, 3.63) is 33.8 Å². The van der Waals surface area contributed by atoms with E-state index in [0.29, 0.717) is 28.7 Å². The lowest BCUT2D eigenvalue weighted by Crippen LogP contribution is -2.36. The molecule has 2 rings (SSSR count). The lowest BCUT2D eigenvalue weighted by Gasteiger charge is -2.27. The fraction of sp³-hybridized carbons (Fsp3) is 0.462. The Morgan fingerprint density at radius 3 is 2.32 bits per heavy atom. The van der Waals surface area contributed by atoms with Crippen LogP contribution >= 0.6 is 23.2 Å². The minimum Gasteiger partial charge on any atom is -0.415 e. The van der Waals surface area contributed by atoms with Crippen LogP contribution in [0.2, 0.25) is 10.0 Å². The number of amides is 1. The Hall–Kier alpha value is -0.970. The number of rotatable bonds is 2. The van der Waals surface area contributed by atoms with Gasteiger partial charge in [-0.15, -0.1) is 0 Å². The third-order valence-electron chi connectivity index (χ3n) is 3.00. The van der Waals surface area contributed by atoms with E-state index in [9.17, 15) is 9.90 Å². The molecule has 0 aromatic heterocycles. The first-order chi connectivity index (χ1) is 9.06. The van der Waals surface area contributed by atoms with Crippen LogP contribution in [0.4, 0.5) is 4.79 Å². The van der Waals surface area contributed by atoms with Crippen LogP contribution in [0.25, 0.3) is 0 Å². The van der Waals surface area contributed by atoms with Crippen molar-refractivity contribution in [1.82, 2.24) is 4.90 Å². The van der Waals surface area contributed by atoms with Gasteiger partial charge in [-0.05, 0) is 37.5 Å². The maximum absolute atomic E-state index is 11.8. The lowest BCUT2D eigenvalue weighted by atomic mass is 10.1. The van der Waals surface area contributed by atoms with Crippen molar-refractivity contribution in [2.75, 3.05) is 13.1 Å². The van der Waals surface area contributed by atoms with Crippen LogP contribution in [0.1, 0.15) is 31.1 Å². The van der Waals surface area contributed by atoms with Gasteiger partial charge in [-0.1, -0.05) is 23.2 Å². The second-order valence-corrected chi connectivity index (χ2v) is 5.36. The molecular formula is C13H15Cl2NO3. The maximum atomic E-state index is 11.8. The quantitative estimate of drug-likeness (QED) is 0.849. The Labute approximate surface area is 121 Å². The van der Waals surface area contributed by atoms with Crippen LogP contribution in [0.3, 0.4) is 0 Å². The summed E-state index contributed by atoms with van der Waals surface area (Å²) in [6, 6.07) is 4.58. The molecule has 0 bridgehead atoms. The van der Waals surface area contributed by atoms with Crippen molar-refractivity contribution in [2.45, 2.75) is 25.6 Å². The first-order valence-electron chi connectivity index (χ1n) is 6.16. The van der Waals surface area contributed by atoms with Crippen molar-refractivity contribution >= 4 is 29.3 Å². The normalized spacial score (nSPS) is 17.1. The predicted octanol–water partition coefficient (Wildman–Crippen LogP) is 3.61. The van der Waals surface area contributed by atoms with Gasteiger partial charge >= 0.3 is 6.09 Å². The van der Waals surface area contributed by atoms with E-state index in [1.807, 2.05) is 0 Å². The molecule has 1 fully saturated rings. The highest BCUT2D eigenvalue weighted by molar-refractivity contribution is 6.34. The van der Waals surface area contributed by atoms with Crippen LogP contribution in [0, 0.1) is 0 Å². The van der Waals surface area contributed by atoms with Gasteiger partial charge in [0.05, 0.1) is 0 Å². The first-order valence-corrected chi connectivity index (χ1v) is 6.91. The summed E-state index contributed by atoms with van der Waals surface area (Å²) >= 11 is 11.7. The molecule has 1 aromatic rings. The SMILES string of the molecule is O=C(OC(O)c1cc(Cl)cc(Cl)c1)N1CCCCC1. The minimum atomic E-state index is -1.36. The van der Waals surface area contributed by atoms with Crippen molar-refractivity contribution in [3.8, 4) is 0 Å². The number of aliphatic hydroxyl groups is 1. The molecule has 1 unspecified atom stereocenters. The molecule has 1 heterocycles. The van der Waals surface area contributed by atoms with E-state index in [0.717, 1.165) is 19.3 Å². The van der Waals surface area contributed by atoms with Gasteiger partial charge in [-0.25, -0.2) is 4.79 Å². The molecule has 4 nitrogen and oxygen atoms in total. The third-order valence-corrected chi connectivity index (χ3v) is 3.43. The zero-order valence-corrected chi connectivity index (χ0v) is 11.8. The number of hydrogen-bond donors (Lipinski definition) is 1. The molecule has 1 amide bonds. The highest BCUT2D eigenvalue weighted by atomic mass is 35.5. The predicted molar refractivity (Wildman–Crippen MR) is 73.3 cm³/mol. The molecule has 1 N–H and O–H groups in total. The first kappa shape index (κ1) is 14.4. The number of nitrogens with zero attached hydrogens (tertiary/aromatic N) is 1. The summed E-state index contributed by atoms with van der Waals surface area (Å²) in [5.74, 6) is 0. The number of carbonyl (C=O) groups is 1. The maximum Gasteiger partial charge on any atom is 0.412 e. The Balaban J connectivity index is 1.99. The van der Waals surface area contributed by atoms with E-state index in [2.05, 4.69) is 0 Å². The van der Waals surface area contributed by atoms with E-state index in [-0.39, 0.29) is 0 Å². The fourth-order valence-corrected chi connectivity index (χ4v) is 2.58. The van der Waals surface area contributed by atoms with Gasteiger partial charge in [0.1, 0.15) is 0 Å². The second-order valence-electron chi connectivity index (χ2n) is 4.49. The molecule has 1 aliphatic heterocycles. The van der Waals surface area contributed by atoms with Gasteiger partial charge in [-0.3, -0.25) is 0 Å². The summed E-state index contributed by atoms with van der Waals surface area (Å²) in [6.07, 6.45) is 1.19. The molecule has 104 valence electrons. The van der Waals surface area contributed by atoms with E-state index in [1.165, 1.54) is 12.1 Å². The molecule has 6 heteroatoms. The Bertz CT molecular complexity index is 441. The summed E-state index contributed by atoms with van der Waals surface area (Å²) in [5, 5.41) is 10.7. The molecule has 19 heavy (non-hydrogen) atoms. The van der Waals surface area contributed by atoms with E-state index < -0.39 is 12.4 Å². The van der Waals surface area contributed by atoms with E-state index in [4.69, 9.17) is 27.9 Å².